The molecule has 0 spiro atoms. The molecule has 2 aromatic rings. The van der Waals surface area contributed by atoms with Crippen LogP contribution in [0.1, 0.15) is 22.9 Å². The standard InChI is InChI=1S/C16H20FN3S/c1-11(8-14-4-3-7-21-14)20(2)10-12-5-6-13(17)9-15(12)16(18)19/h3-7,9,11H,8,10H2,1-2H3,(H3,18,19). The maximum absolute atomic E-state index is 13.3. The molecule has 0 aliphatic rings. The monoisotopic (exact) mass is 305 g/mol. The smallest absolute Gasteiger partial charge is 0.123 e. The Hall–Kier alpha value is -1.72. The van der Waals surface area contributed by atoms with Crippen LogP contribution in [0, 0.1) is 11.2 Å². The number of nitrogens with zero attached hydrogens (tertiary/aromatic N) is 1. The molecule has 1 atom stereocenters. The van der Waals surface area contributed by atoms with Gasteiger partial charge in [-0.1, -0.05) is 12.1 Å². The van der Waals surface area contributed by atoms with Crippen LogP contribution >= 0.6 is 11.3 Å². The van der Waals surface area contributed by atoms with Crippen molar-refractivity contribution in [2.45, 2.75) is 25.9 Å². The van der Waals surface area contributed by atoms with E-state index >= 15 is 0 Å². The predicted octanol–water partition coefficient (Wildman–Crippen LogP) is 3.23. The Kier molecular flexibility index (Phi) is 5.09. The van der Waals surface area contributed by atoms with E-state index in [4.69, 9.17) is 11.1 Å². The number of rotatable bonds is 6. The van der Waals surface area contributed by atoms with Crippen molar-refractivity contribution in [3.8, 4) is 0 Å². The summed E-state index contributed by atoms with van der Waals surface area (Å²) in [6, 6.07) is 9.00. The molecule has 0 bridgehead atoms. The normalized spacial score (nSPS) is 12.6. The summed E-state index contributed by atoms with van der Waals surface area (Å²) in [4.78, 5) is 3.54. The van der Waals surface area contributed by atoms with E-state index in [0.29, 0.717) is 18.2 Å². The van der Waals surface area contributed by atoms with Gasteiger partial charge in [0.1, 0.15) is 11.7 Å². The predicted molar refractivity (Wildman–Crippen MR) is 86.4 cm³/mol. The van der Waals surface area contributed by atoms with Crippen LogP contribution in [0.2, 0.25) is 0 Å². The van der Waals surface area contributed by atoms with Crippen LogP contribution in [-0.2, 0) is 13.0 Å². The second-order valence-electron chi connectivity index (χ2n) is 5.26. The molecular weight excluding hydrogens is 285 g/mol. The minimum atomic E-state index is -0.363. The van der Waals surface area contributed by atoms with Crippen LogP contribution < -0.4 is 5.73 Å². The third-order valence-corrected chi connectivity index (χ3v) is 4.51. The SMILES string of the molecule is CC(Cc1cccs1)N(C)Cc1ccc(F)cc1C(=N)N. The maximum atomic E-state index is 13.3. The Morgan fingerprint density at radius 3 is 2.81 bits per heavy atom. The van der Waals surface area contributed by atoms with Gasteiger partial charge in [-0.25, -0.2) is 4.39 Å². The highest BCUT2D eigenvalue weighted by molar-refractivity contribution is 7.09. The fourth-order valence-electron chi connectivity index (χ4n) is 2.24. The minimum Gasteiger partial charge on any atom is -0.384 e. The number of thiophene rings is 1. The molecule has 0 fully saturated rings. The topological polar surface area (TPSA) is 53.1 Å². The fraction of sp³-hybridized carbons (Fsp3) is 0.312. The molecule has 0 radical (unpaired) electrons. The van der Waals surface area contributed by atoms with Crippen LogP contribution in [-0.4, -0.2) is 23.8 Å². The Morgan fingerprint density at radius 1 is 1.43 bits per heavy atom. The summed E-state index contributed by atoms with van der Waals surface area (Å²) in [6.45, 7) is 2.80. The molecule has 1 aromatic heterocycles. The van der Waals surface area contributed by atoms with E-state index in [2.05, 4.69) is 29.3 Å². The van der Waals surface area contributed by atoms with E-state index < -0.39 is 0 Å². The molecule has 5 heteroatoms. The van der Waals surface area contributed by atoms with Gasteiger partial charge in [-0.05, 0) is 49.5 Å². The third kappa shape index (κ3) is 4.12. The molecule has 0 saturated carbocycles. The van der Waals surface area contributed by atoms with Crippen molar-refractivity contribution in [3.63, 3.8) is 0 Å². The summed E-state index contributed by atoms with van der Waals surface area (Å²) < 4.78 is 13.3. The fourth-order valence-corrected chi connectivity index (χ4v) is 3.06. The highest BCUT2D eigenvalue weighted by Crippen LogP contribution is 2.17. The van der Waals surface area contributed by atoms with Gasteiger partial charge in [0, 0.05) is 23.0 Å². The number of nitrogens with one attached hydrogen (secondary N) is 1. The number of hydrogen-bond donors (Lipinski definition) is 2. The van der Waals surface area contributed by atoms with Gasteiger partial charge in [-0.3, -0.25) is 10.3 Å². The second kappa shape index (κ2) is 6.83. The molecule has 3 N–H and O–H groups in total. The lowest BCUT2D eigenvalue weighted by molar-refractivity contribution is 0.249. The molecule has 0 saturated heterocycles. The van der Waals surface area contributed by atoms with Crippen LogP contribution in [0.4, 0.5) is 4.39 Å². The Balaban J connectivity index is 2.08. The number of nitrogens with two attached hydrogens (primary N) is 1. The molecule has 1 heterocycles. The minimum absolute atomic E-state index is 0.0937. The summed E-state index contributed by atoms with van der Waals surface area (Å²) >= 11 is 1.75. The van der Waals surface area contributed by atoms with Gasteiger partial charge < -0.3 is 5.73 Å². The van der Waals surface area contributed by atoms with E-state index in [0.717, 1.165) is 12.0 Å². The first kappa shape index (κ1) is 15.7. The van der Waals surface area contributed by atoms with Gasteiger partial charge in [-0.2, -0.15) is 0 Å². The molecule has 3 nitrogen and oxygen atoms in total. The van der Waals surface area contributed by atoms with Gasteiger partial charge in [0.2, 0.25) is 0 Å². The van der Waals surface area contributed by atoms with Crippen LogP contribution in [0.3, 0.4) is 0 Å². The van der Waals surface area contributed by atoms with Crippen molar-refractivity contribution < 1.29 is 4.39 Å². The Labute approximate surface area is 128 Å². The number of nitrogen functional groups attached to an aromatic ring is 1. The van der Waals surface area contributed by atoms with Crippen molar-refractivity contribution in [1.29, 1.82) is 5.41 Å². The highest BCUT2D eigenvalue weighted by Gasteiger charge is 2.14. The summed E-state index contributed by atoms with van der Waals surface area (Å²) in [5.74, 6) is -0.456. The lowest BCUT2D eigenvalue weighted by Gasteiger charge is -2.25. The zero-order valence-electron chi connectivity index (χ0n) is 12.3. The molecule has 0 aliphatic heterocycles. The van der Waals surface area contributed by atoms with Crippen LogP contribution in [0.15, 0.2) is 35.7 Å². The summed E-state index contributed by atoms with van der Waals surface area (Å²) in [5, 5.41) is 9.66. The molecular formula is C16H20FN3S. The first-order valence-electron chi connectivity index (χ1n) is 6.83. The Morgan fingerprint density at radius 2 is 2.19 bits per heavy atom. The number of likely N-dealkylation sites (N-methyl/N-ethyl adjacent to an activating group) is 1. The highest BCUT2D eigenvalue weighted by atomic mass is 32.1. The van der Waals surface area contributed by atoms with Gasteiger partial charge in [0.15, 0.2) is 0 Å². The molecule has 0 aliphatic carbocycles. The molecule has 2 rings (SSSR count). The van der Waals surface area contributed by atoms with Crippen molar-refractivity contribution >= 4 is 17.2 Å². The largest absolute Gasteiger partial charge is 0.384 e. The average molecular weight is 305 g/mol. The third-order valence-electron chi connectivity index (χ3n) is 3.61. The van der Waals surface area contributed by atoms with Gasteiger partial charge in [-0.15, -0.1) is 11.3 Å². The molecule has 112 valence electrons. The van der Waals surface area contributed by atoms with E-state index in [1.54, 1.807) is 17.4 Å². The van der Waals surface area contributed by atoms with E-state index in [1.165, 1.54) is 17.0 Å². The quantitative estimate of drug-likeness (QED) is 0.636. The summed E-state index contributed by atoms with van der Waals surface area (Å²) in [7, 11) is 2.03. The number of halogens is 1. The number of hydrogen-bond acceptors (Lipinski definition) is 3. The lowest BCUT2D eigenvalue weighted by atomic mass is 10.0. The van der Waals surface area contributed by atoms with Gasteiger partial charge in [0.25, 0.3) is 0 Å². The second-order valence-corrected chi connectivity index (χ2v) is 6.30. The zero-order valence-corrected chi connectivity index (χ0v) is 13.1. The van der Waals surface area contributed by atoms with Crippen molar-refractivity contribution in [1.82, 2.24) is 4.90 Å². The van der Waals surface area contributed by atoms with Gasteiger partial charge in [0.05, 0.1) is 0 Å². The summed E-state index contributed by atoms with van der Waals surface area (Å²) in [6.07, 6.45) is 0.977. The average Bonchev–Trinajstić information content (AvgIpc) is 2.93. The van der Waals surface area contributed by atoms with Crippen molar-refractivity contribution in [3.05, 3.63) is 57.5 Å². The maximum Gasteiger partial charge on any atom is 0.123 e. The number of amidine groups is 1. The molecule has 1 aromatic carbocycles. The van der Waals surface area contributed by atoms with E-state index in [1.807, 2.05) is 7.05 Å². The zero-order chi connectivity index (χ0) is 15.4. The van der Waals surface area contributed by atoms with E-state index in [9.17, 15) is 4.39 Å². The van der Waals surface area contributed by atoms with E-state index in [-0.39, 0.29) is 11.7 Å². The summed E-state index contributed by atoms with van der Waals surface area (Å²) in [5.41, 5.74) is 6.90. The molecule has 21 heavy (non-hydrogen) atoms. The molecule has 1 unspecified atom stereocenters. The van der Waals surface area contributed by atoms with Crippen molar-refractivity contribution in [2.24, 2.45) is 5.73 Å². The first-order chi connectivity index (χ1) is 9.97. The lowest BCUT2D eigenvalue weighted by Crippen LogP contribution is -2.31. The first-order valence-corrected chi connectivity index (χ1v) is 7.70. The van der Waals surface area contributed by atoms with Crippen LogP contribution in [0.25, 0.3) is 0 Å². The van der Waals surface area contributed by atoms with Crippen LogP contribution in [0.5, 0.6) is 0 Å². The van der Waals surface area contributed by atoms with Crippen molar-refractivity contribution in [2.75, 3.05) is 7.05 Å². The van der Waals surface area contributed by atoms with Gasteiger partial charge >= 0.3 is 0 Å². The Bertz CT molecular complexity index is 610. The number of benzene rings is 1. The molecule has 0 amide bonds.